The lowest BCUT2D eigenvalue weighted by molar-refractivity contribution is -0.139. The second kappa shape index (κ2) is 10.6. The van der Waals surface area contributed by atoms with Gasteiger partial charge in [-0.1, -0.05) is 53.2 Å². The maximum absolute atomic E-state index is 13.1. The summed E-state index contributed by atoms with van der Waals surface area (Å²) >= 11 is 3.32. The summed E-state index contributed by atoms with van der Waals surface area (Å²) in [5.74, 6) is -1.51. The van der Waals surface area contributed by atoms with Gasteiger partial charge in [-0.25, -0.2) is 4.79 Å². The van der Waals surface area contributed by atoms with Gasteiger partial charge in [-0.05, 0) is 36.6 Å². The molecule has 0 radical (unpaired) electrons. The fourth-order valence-electron chi connectivity index (χ4n) is 4.05. The molecule has 1 aliphatic rings. The molecular weight excluding hydrogens is 490 g/mol. The number of hydrogen-bond donors (Lipinski definition) is 3. The Hall–Kier alpha value is -3.20. The summed E-state index contributed by atoms with van der Waals surface area (Å²) in [6.07, 6.45) is 1.43. The number of likely N-dealkylation sites (tertiary alicyclic amines) is 1. The quantitative estimate of drug-likeness (QED) is 0.384. The average Bonchev–Trinajstić information content (AvgIpc) is 2.83. The Kier molecular flexibility index (Phi) is 7.86. The number of amides is 2. The second-order valence-corrected chi connectivity index (χ2v) is 8.75. The molecule has 2 amide bonds. The number of carboxylic acids is 1. The van der Waals surface area contributed by atoms with Crippen molar-refractivity contribution < 1.29 is 24.2 Å². The van der Waals surface area contributed by atoms with Gasteiger partial charge in [-0.15, -0.1) is 0 Å². The molecule has 1 aliphatic heterocycles. The monoisotopic (exact) mass is 515 g/mol. The van der Waals surface area contributed by atoms with Gasteiger partial charge in [-0.2, -0.15) is 0 Å². The maximum atomic E-state index is 13.1. The molecule has 0 saturated carbocycles. The molecule has 0 atom stereocenters. The summed E-state index contributed by atoms with van der Waals surface area (Å²) in [4.78, 5) is 38.0. The third-order valence-electron chi connectivity index (χ3n) is 5.85. The minimum Gasteiger partial charge on any atom is -0.481 e. The van der Waals surface area contributed by atoms with Crippen LogP contribution in [0.15, 0.2) is 53.0 Å². The number of carbonyl (C=O) groups is 3. The lowest BCUT2D eigenvalue weighted by Crippen LogP contribution is -2.53. The van der Waals surface area contributed by atoms with Gasteiger partial charge < -0.3 is 20.1 Å². The predicted octanol–water partition coefficient (Wildman–Crippen LogP) is 3.59. The molecule has 3 rings (SSSR count). The Morgan fingerprint density at radius 2 is 1.82 bits per heavy atom. The third-order valence-corrected chi connectivity index (χ3v) is 6.35. The van der Waals surface area contributed by atoms with E-state index < -0.39 is 23.9 Å². The van der Waals surface area contributed by atoms with Gasteiger partial charge in [0, 0.05) is 24.0 Å². The molecule has 0 spiro atoms. The molecule has 1 fully saturated rings. The van der Waals surface area contributed by atoms with E-state index in [2.05, 4.69) is 21.2 Å². The fourth-order valence-corrected chi connectivity index (χ4v) is 4.41. The number of piperidine rings is 1. The van der Waals surface area contributed by atoms with Crippen molar-refractivity contribution in [3.8, 4) is 5.75 Å². The molecule has 0 aliphatic carbocycles. The number of nitrogens with zero attached hydrogens (tertiary/aromatic N) is 1. The van der Waals surface area contributed by atoms with E-state index >= 15 is 0 Å². The van der Waals surface area contributed by atoms with Gasteiger partial charge in [0.15, 0.2) is 6.61 Å². The SMILES string of the molecule is CCC(=O)N1CCC(C(=N)NC(=O)c2cc(Br)ccc2OCC(=O)O)(c2ccccc2)CC1. The Balaban J connectivity index is 1.87. The van der Waals surface area contributed by atoms with Crippen LogP contribution in [0.1, 0.15) is 42.1 Å². The lowest BCUT2D eigenvalue weighted by atomic mass is 9.71. The van der Waals surface area contributed by atoms with Gasteiger partial charge in [0.05, 0.1) is 11.0 Å². The summed E-state index contributed by atoms with van der Waals surface area (Å²) < 4.78 is 5.89. The molecule has 1 saturated heterocycles. The van der Waals surface area contributed by atoms with E-state index in [1.54, 1.807) is 11.0 Å². The minimum atomic E-state index is -1.16. The molecule has 2 aromatic rings. The number of hydrogen-bond acceptors (Lipinski definition) is 5. The molecule has 0 unspecified atom stereocenters. The number of aliphatic carboxylic acids is 1. The summed E-state index contributed by atoms with van der Waals surface area (Å²) in [5.41, 5.74) is 0.267. The van der Waals surface area contributed by atoms with Crippen molar-refractivity contribution in [2.24, 2.45) is 0 Å². The largest absolute Gasteiger partial charge is 0.481 e. The highest BCUT2D eigenvalue weighted by molar-refractivity contribution is 9.10. The van der Waals surface area contributed by atoms with E-state index in [4.69, 9.17) is 15.3 Å². The molecule has 0 aromatic heterocycles. The van der Waals surface area contributed by atoms with Gasteiger partial charge in [0.25, 0.3) is 5.91 Å². The van der Waals surface area contributed by atoms with E-state index in [0.717, 1.165) is 5.56 Å². The molecule has 9 heteroatoms. The molecule has 174 valence electrons. The molecule has 3 N–H and O–H groups in total. The summed E-state index contributed by atoms with van der Waals surface area (Å²) in [6.45, 7) is 2.22. The zero-order chi connectivity index (χ0) is 24.0. The molecule has 8 nitrogen and oxygen atoms in total. The standard InChI is InChI=1S/C24H26BrN3O5/c1-2-20(29)28-12-10-24(11-13-28,16-6-4-3-5-7-16)23(26)27-22(32)18-14-17(25)8-9-19(18)33-15-21(30)31/h3-9,14H,2,10-13,15H2,1H3,(H,30,31)(H2,26,27,32). The van der Waals surface area contributed by atoms with E-state index in [-0.39, 0.29) is 23.1 Å². The number of amidine groups is 1. The molecule has 0 bridgehead atoms. The number of carboxylic acid groups (broad SMARTS) is 1. The van der Waals surface area contributed by atoms with Crippen molar-refractivity contribution >= 4 is 39.5 Å². The van der Waals surface area contributed by atoms with Crippen LogP contribution in [0.2, 0.25) is 0 Å². The fraction of sp³-hybridized carbons (Fsp3) is 0.333. The predicted molar refractivity (Wildman–Crippen MR) is 127 cm³/mol. The summed E-state index contributed by atoms with van der Waals surface area (Å²) in [5, 5.41) is 20.5. The van der Waals surface area contributed by atoms with Crippen LogP contribution < -0.4 is 10.1 Å². The number of carbonyl (C=O) groups excluding carboxylic acids is 2. The topological polar surface area (TPSA) is 120 Å². The van der Waals surface area contributed by atoms with Crippen molar-refractivity contribution in [3.05, 3.63) is 64.1 Å². The Morgan fingerprint density at radius 3 is 2.42 bits per heavy atom. The first-order valence-electron chi connectivity index (χ1n) is 10.6. The highest BCUT2D eigenvalue weighted by Gasteiger charge is 2.42. The van der Waals surface area contributed by atoms with Crippen LogP contribution in [-0.4, -0.2) is 53.3 Å². The van der Waals surface area contributed by atoms with Gasteiger partial charge in [-0.3, -0.25) is 15.0 Å². The Bertz CT molecular complexity index is 1050. The highest BCUT2D eigenvalue weighted by Crippen LogP contribution is 2.36. The van der Waals surface area contributed by atoms with Crippen LogP contribution in [0, 0.1) is 5.41 Å². The first-order chi connectivity index (χ1) is 15.8. The van der Waals surface area contributed by atoms with Crippen LogP contribution >= 0.6 is 15.9 Å². The smallest absolute Gasteiger partial charge is 0.341 e. The second-order valence-electron chi connectivity index (χ2n) is 7.83. The zero-order valence-electron chi connectivity index (χ0n) is 18.3. The third kappa shape index (κ3) is 5.60. The number of halogens is 1. The van der Waals surface area contributed by atoms with Crippen LogP contribution in [0.5, 0.6) is 5.75 Å². The molecular formula is C24H26BrN3O5. The van der Waals surface area contributed by atoms with Crippen molar-refractivity contribution in [1.82, 2.24) is 10.2 Å². The number of nitrogens with one attached hydrogen (secondary N) is 2. The van der Waals surface area contributed by atoms with Crippen molar-refractivity contribution in [2.75, 3.05) is 19.7 Å². The maximum Gasteiger partial charge on any atom is 0.341 e. The summed E-state index contributed by atoms with van der Waals surface area (Å²) in [6, 6.07) is 14.2. The molecule has 33 heavy (non-hydrogen) atoms. The minimum absolute atomic E-state index is 0.0338. The first kappa shape index (κ1) is 24.4. The van der Waals surface area contributed by atoms with Crippen molar-refractivity contribution in [2.45, 2.75) is 31.6 Å². The van der Waals surface area contributed by atoms with Gasteiger partial charge in [0.1, 0.15) is 11.6 Å². The highest BCUT2D eigenvalue weighted by atomic mass is 79.9. The van der Waals surface area contributed by atoms with Crippen LogP contribution in [0.4, 0.5) is 0 Å². The van der Waals surface area contributed by atoms with E-state index in [9.17, 15) is 14.4 Å². The van der Waals surface area contributed by atoms with Crippen LogP contribution in [0.25, 0.3) is 0 Å². The number of ether oxygens (including phenoxy) is 1. The normalized spacial score (nSPS) is 14.9. The number of benzene rings is 2. The zero-order valence-corrected chi connectivity index (χ0v) is 19.9. The Morgan fingerprint density at radius 1 is 1.15 bits per heavy atom. The van der Waals surface area contributed by atoms with Crippen molar-refractivity contribution in [1.29, 1.82) is 5.41 Å². The van der Waals surface area contributed by atoms with Crippen molar-refractivity contribution in [3.63, 3.8) is 0 Å². The van der Waals surface area contributed by atoms with E-state index in [0.29, 0.717) is 36.8 Å². The molecule has 2 aromatic carbocycles. The van der Waals surface area contributed by atoms with Gasteiger partial charge in [0.2, 0.25) is 5.91 Å². The first-order valence-corrected chi connectivity index (χ1v) is 11.4. The van der Waals surface area contributed by atoms with Crippen LogP contribution in [-0.2, 0) is 15.0 Å². The summed E-state index contributed by atoms with van der Waals surface area (Å²) in [7, 11) is 0. The lowest BCUT2D eigenvalue weighted by Gasteiger charge is -2.42. The average molecular weight is 516 g/mol. The molecule has 1 heterocycles. The number of rotatable bonds is 7. The van der Waals surface area contributed by atoms with Crippen LogP contribution in [0.3, 0.4) is 0 Å². The Labute approximate surface area is 200 Å². The van der Waals surface area contributed by atoms with E-state index in [1.807, 2.05) is 37.3 Å². The van der Waals surface area contributed by atoms with E-state index in [1.165, 1.54) is 12.1 Å². The van der Waals surface area contributed by atoms with Gasteiger partial charge >= 0.3 is 5.97 Å².